The van der Waals surface area contributed by atoms with E-state index in [0.29, 0.717) is 0 Å². The van der Waals surface area contributed by atoms with Crippen LogP contribution in [0, 0.1) is 0 Å². The van der Waals surface area contributed by atoms with E-state index < -0.39 is 0 Å². The van der Waals surface area contributed by atoms with E-state index in [2.05, 4.69) is 78.7 Å². The number of nitrogens with zero attached hydrogens (tertiary/aromatic N) is 1. The van der Waals surface area contributed by atoms with Gasteiger partial charge in [0.15, 0.2) is 0 Å². The molecular formula is C23H21NO. The Morgan fingerprint density at radius 2 is 1.40 bits per heavy atom. The average Bonchev–Trinajstić information content (AvgIpc) is 2.68. The van der Waals surface area contributed by atoms with Gasteiger partial charge in [0.05, 0.1) is 7.11 Å². The van der Waals surface area contributed by atoms with Gasteiger partial charge in [-0.1, -0.05) is 60.7 Å². The first-order valence-electron chi connectivity index (χ1n) is 8.51. The van der Waals surface area contributed by atoms with Crippen molar-refractivity contribution in [3.05, 3.63) is 84.4 Å². The van der Waals surface area contributed by atoms with Gasteiger partial charge in [0.25, 0.3) is 0 Å². The molecule has 0 radical (unpaired) electrons. The topological polar surface area (TPSA) is 12.5 Å². The number of fused-ring (bicyclic) bond motifs is 3. The lowest BCUT2D eigenvalue weighted by Gasteiger charge is -2.22. The molecule has 0 aliphatic carbocycles. The molecule has 0 aliphatic heterocycles. The molecule has 4 aromatic rings. The number of ether oxygens (including phenoxy) is 1. The van der Waals surface area contributed by atoms with Gasteiger partial charge >= 0.3 is 0 Å². The lowest BCUT2D eigenvalue weighted by atomic mass is 9.99. The smallest absolute Gasteiger partial charge is 0.118 e. The SMILES string of the molecule is COc1ccc(CN(C)c2cc3ccccc3c3ccccc23)cc1. The van der Waals surface area contributed by atoms with Crippen molar-refractivity contribution < 1.29 is 4.74 Å². The van der Waals surface area contributed by atoms with E-state index in [1.54, 1.807) is 7.11 Å². The van der Waals surface area contributed by atoms with Crippen molar-refractivity contribution in [1.29, 1.82) is 0 Å². The Labute approximate surface area is 148 Å². The third-order valence-corrected chi connectivity index (χ3v) is 4.74. The van der Waals surface area contributed by atoms with Crippen LogP contribution in [0.2, 0.25) is 0 Å². The zero-order chi connectivity index (χ0) is 17.2. The molecule has 0 N–H and O–H groups in total. The molecule has 0 bridgehead atoms. The predicted molar refractivity (Wildman–Crippen MR) is 107 cm³/mol. The first-order valence-corrected chi connectivity index (χ1v) is 8.51. The fourth-order valence-electron chi connectivity index (χ4n) is 3.44. The van der Waals surface area contributed by atoms with Gasteiger partial charge in [-0.2, -0.15) is 0 Å². The molecule has 2 heteroatoms. The summed E-state index contributed by atoms with van der Waals surface area (Å²) >= 11 is 0. The maximum absolute atomic E-state index is 5.25. The molecule has 0 aliphatic rings. The Balaban J connectivity index is 1.78. The first-order chi connectivity index (χ1) is 12.3. The van der Waals surface area contributed by atoms with Crippen molar-refractivity contribution in [2.45, 2.75) is 6.54 Å². The van der Waals surface area contributed by atoms with Crippen LogP contribution in [0.4, 0.5) is 5.69 Å². The highest BCUT2D eigenvalue weighted by molar-refractivity contribution is 6.13. The summed E-state index contributed by atoms with van der Waals surface area (Å²) in [6.07, 6.45) is 0. The first kappa shape index (κ1) is 15.5. The summed E-state index contributed by atoms with van der Waals surface area (Å²) in [5, 5.41) is 5.17. The molecule has 0 saturated heterocycles. The van der Waals surface area contributed by atoms with Crippen LogP contribution < -0.4 is 9.64 Å². The minimum absolute atomic E-state index is 0.854. The van der Waals surface area contributed by atoms with Gasteiger partial charge in [0.1, 0.15) is 5.75 Å². The van der Waals surface area contributed by atoms with E-state index in [-0.39, 0.29) is 0 Å². The zero-order valence-electron chi connectivity index (χ0n) is 14.6. The predicted octanol–water partition coefficient (Wildman–Crippen LogP) is 5.64. The molecule has 4 rings (SSSR count). The van der Waals surface area contributed by atoms with Crippen LogP contribution in [0.5, 0.6) is 5.75 Å². The minimum atomic E-state index is 0.854. The van der Waals surface area contributed by atoms with Gasteiger partial charge in [0.2, 0.25) is 0 Å². The molecule has 0 amide bonds. The summed E-state index contributed by atoms with van der Waals surface area (Å²) in [5.74, 6) is 0.891. The number of methoxy groups -OCH3 is 1. The Hall–Kier alpha value is -3.00. The fourth-order valence-corrected chi connectivity index (χ4v) is 3.44. The molecule has 0 spiro atoms. The Morgan fingerprint density at radius 1 is 0.760 bits per heavy atom. The van der Waals surface area contributed by atoms with Gasteiger partial charge in [-0.25, -0.2) is 0 Å². The summed E-state index contributed by atoms with van der Waals surface area (Å²) in [6, 6.07) is 27.8. The highest BCUT2D eigenvalue weighted by Crippen LogP contribution is 2.34. The summed E-state index contributed by atoms with van der Waals surface area (Å²) < 4.78 is 5.25. The molecule has 124 valence electrons. The molecular weight excluding hydrogens is 306 g/mol. The molecule has 0 heterocycles. The lowest BCUT2D eigenvalue weighted by Crippen LogP contribution is -2.16. The van der Waals surface area contributed by atoms with Crippen LogP contribution in [0.1, 0.15) is 5.56 Å². The number of benzene rings is 4. The second-order valence-corrected chi connectivity index (χ2v) is 6.37. The number of hydrogen-bond donors (Lipinski definition) is 0. The standard InChI is InChI=1S/C23H21NO/c1-24(16-17-11-13-19(25-2)14-12-17)23-15-18-7-3-4-8-20(18)21-9-5-6-10-22(21)23/h3-15H,16H2,1-2H3. The van der Waals surface area contributed by atoms with E-state index in [1.807, 2.05) is 12.1 Å². The van der Waals surface area contributed by atoms with E-state index in [4.69, 9.17) is 4.74 Å². The maximum atomic E-state index is 5.25. The Morgan fingerprint density at radius 3 is 2.12 bits per heavy atom. The summed E-state index contributed by atoms with van der Waals surface area (Å²) in [5.41, 5.74) is 2.52. The van der Waals surface area contributed by atoms with Gasteiger partial charge in [-0.3, -0.25) is 0 Å². The molecule has 0 fully saturated rings. The summed E-state index contributed by atoms with van der Waals surface area (Å²) in [7, 11) is 3.85. The molecule has 0 unspecified atom stereocenters. The molecule has 25 heavy (non-hydrogen) atoms. The van der Waals surface area contributed by atoms with Crippen LogP contribution in [-0.2, 0) is 6.54 Å². The number of anilines is 1. The van der Waals surface area contributed by atoms with Crippen LogP contribution in [-0.4, -0.2) is 14.2 Å². The van der Waals surface area contributed by atoms with Gasteiger partial charge in [-0.05, 0) is 39.9 Å². The number of hydrogen-bond acceptors (Lipinski definition) is 2. The normalized spacial score (nSPS) is 11.0. The molecule has 0 aromatic heterocycles. The zero-order valence-corrected chi connectivity index (χ0v) is 14.6. The van der Waals surface area contributed by atoms with Crippen molar-refractivity contribution in [3.8, 4) is 5.75 Å². The second kappa shape index (κ2) is 6.48. The maximum Gasteiger partial charge on any atom is 0.118 e. The van der Waals surface area contributed by atoms with E-state index in [9.17, 15) is 0 Å². The highest BCUT2D eigenvalue weighted by Gasteiger charge is 2.10. The van der Waals surface area contributed by atoms with Crippen molar-refractivity contribution in [3.63, 3.8) is 0 Å². The third kappa shape index (κ3) is 2.91. The highest BCUT2D eigenvalue weighted by atomic mass is 16.5. The van der Waals surface area contributed by atoms with E-state index in [0.717, 1.165) is 12.3 Å². The number of rotatable bonds is 4. The van der Waals surface area contributed by atoms with Crippen molar-refractivity contribution in [2.75, 3.05) is 19.1 Å². The fraction of sp³-hybridized carbons (Fsp3) is 0.130. The van der Waals surface area contributed by atoms with Crippen LogP contribution in [0.25, 0.3) is 21.5 Å². The lowest BCUT2D eigenvalue weighted by molar-refractivity contribution is 0.414. The Bertz CT molecular complexity index is 1020. The molecule has 2 nitrogen and oxygen atoms in total. The summed E-state index contributed by atoms with van der Waals surface area (Å²) in [6.45, 7) is 0.854. The monoisotopic (exact) mass is 327 g/mol. The Kier molecular flexibility index (Phi) is 4.02. The quantitative estimate of drug-likeness (QED) is 0.450. The van der Waals surface area contributed by atoms with Gasteiger partial charge < -0.3 is 9.64 Å². The molecule has 4 aromatic carbocycles. The second-order valence-electron chi connectivity index (χ2n) is 6.37. The van der Waals surface area contributed by atoms with E-state index in [1.165, 1.54) is 32.8 Å². The van der Waals surface area contributed by atoms with Crippen molar-refractivity contribution >= 4 is 27.2 Å². The largest absolute Gasteiger partial charge is 0.497 e. The summed E-state index contributed by atoms with van der Waals surface area (Å²) in [4.78, 5) is 2.32. The van der Waals surface area contributed by atoms with Gasteiger partial charge in [0, 0.05) is 24.7 Å². The van der Waals surface area contributed by atoms with Crippen LogP contribution >= 0.6 is 0 Å². The molecule has 0 saturated carbocycles. The van der Waals surface area contributed by atoms with E-state index >= 15 is 0 Å². The van der Waals surface area contributed by atoms with Crippen molar-refractivity contribution in [1.82, 2.24) is 0 Å². The average molecular weight is 327 g/mol. The van der Waals surface area contributed by atoms with Gasteiger partial charge in [-0.15, -0.1) is 0 Å². The van der Waals surface area contributed by atoms with Crippen molar-refractivity contribution in [2.24, 2.45) is 0 Å². The molecule has 0 atom stereocenters. The third-order valence-electron chi connectivity index (χ3n) is 4.74. The van der Waals surface area contributed by atoms with Crippen LogP contribution in [0.15, 0.2) is 78.9 Å². The minimum Gasteiger partial charge on any atom is -0.497 e. The van der Waals surface area contributed by atoms with Crippen LogP contribution in [0.3, 0.4) is 0 Å².